The van der Waals surface area contributed by atoms with E-state index in [-0.39, 0.29) is 10.9 Å². The number of para-hydroxylation sites is 1. The van der Waals surface area contributed by atoms with E-state index in [0.717, 1.165) is 18.7 Å². The SMILES string of the molecule is CC1CCNCC1NS(=O)(=O)c1cnn(-c2ccccc2)c1. The first kappa shape index (κ1) is 15.2. The fourth-order valence-electron chi connectivity index (χ4n) is 2.58. The molecule has 0 radical (unpaired) electrons. The van der Waals surface area contributed by atoms with Crippen molar-refractivity contribution in [3.63, 3.8) is 0 Å². The molecule has 0 amide bonds. The lowest BCUT2D eigenvalue weighted by molar-refractivity contribution is 0.327. The van der Waals surface area contributed by atoms with Crippen molar-refractivity contribution in [2.24, 2.45) is 5.92 Å². The third kappa shape index (κ3) is 3.21. The molecule has 2 heterocycles. The first-order valence-corrected chi connectivity index (χ1v) is 8.88. The lowest BCUT2D eigenvalue weighted by Gasteiger charge is -2.29. The minimum atomic E-state index is -3.55. The summed E-state index contributed by atoms with van der Waals surface area (Å²) < 4.78 is 29.3. The van der Waals surface area contributed by atoms with E-state index in [0.29, 0.717) is 12.5 Å². The van der Waals surface area contributed by atoms with Crippen LogP contribution in [-0.4, -0.2) is 37.3 Å². The molecule has 2 aromatic rings. The highest BCUT2D eigenvalue weighted by molar-refractivity contribution is 7.89. The molecule has 3 rings (SSSR count). The van der Waals surface area contributed by atoms with Crippen LogP contribution < -0.4 is 10.0 Å². The number of aromatic nitrogens is 2. The van der Waals surface area contributed by atoms with Crippen LogP contribution in [0.25, 0.3) is 5.69 Å². The predicted molar refractivity (Wildman–Crippen MR) is 84.3 cm³/mol. The van der Waals surface area contributed by atoms with E-state index in [4.69, 9.17) is 0 Å². The summed E-state index contributed by atoms with van der Waals surface area (Å²) in [6.07, 6.45) is 3.89. The van der Waals surface area contributed by atoms with Gasteiger partial charge in [0.25, 0.3) is 0 Å². The normalized spacial score (nSPS) is 22.6. The maximum atomic E-state index is 12.5. The van der Waals surface area contributed by atoms with Crippen molar-refractivity contribution in [1.29, 1.82) is 0 Å². The quantitative estimate of drug-likeness (QED) is 0.886. The van der Waals surface area contributed by atoms with Crippen LogP contribution >= 0.6 is 0 Å². The summed E-state index contributed by atoms with van der Waals surface area (Å²) in [5, 5.41) is 7.37. The van der Waals surface area contributed by atoms with Gasteiger partial charge in [0.2, 0.25) is 10.0 Å². The number of nitrogens with zero attached hydrogens (tertiary/aromatic N) is 2. The summed E-state index contributed by atoms with van der Waals surface area (Å²) in [6, 6.07) is 9.36. The molecule has 0 spiro atoms. The number of hydrogen-bond donors (Lipinski definition) is 2. The van der Waals surface area contributed by atoms with Crippen LogP contribution in [0.1, 0.15) is 13.3 Å². The van der Waals surface area contributed by atoms with E-state index in [1.807, 2.05) is 30.3 Å². The molecular weight excluding hydrogens is 300 g/mol. The summed E-state index contributed by atoms with van der Waals surface area (Å²) in [7, 11) is -3.55. The average molecular weight is 320 g/mol. The minimum absolute atomic E-state index is 0.0844. The fraction of sp³-hybridized carbons (Fsp3) is 0.400. The second-order valence-corrected chi connectivity index (χ2v) is 7.37. The number of hydrogen-bond acceptors (Lipinski definition) is 4. The lowest BCUT2D eigenvalue weighted by atomic mass is 9.96. The van der Waals surface area contributed by atoms with Gasteiger partial charge >= 0.3 is 0 Å². The third-order valence-electron chi connectivity index (χ3n) is 4.02. The van der Waals surface area contributed by atoms with E-state index >= 15 is 0 Å². The summed E-state index contributed by atoms with van der Waals surface area (Å²) in [5.74, 6) is 0.320. The summed E-state index contributed by atoms with van der Waals surface area (Å²) in [5.41, 5.74) is 0.830. The molecule has 1 aliphatic heterocycles. The van der Waals surface area contributed by atoms with Gasteiger partial charge in [0, 0.05) is 12.6 Å². The molecule has 1 aromatic heterocycles. The zero-order valence-corrected chi connectivity index (χ0v) is 13.3. The van der Waals surface area contributed by atoms with Crippen LogP contribution in [0.15, 0.2) is 47.6 Å². The molecule has 2 N–H and O–H groups in total. The van der Waals surface area contributed by atoms with Crippen molar-refractivity contribution in [2.75, 3.05) is 13.1 Å². The Morgan fingerprint density at radius 3 is 2.82 bits per heavy atom. The van der Waals surface area contributed by atoms with E-state index in [1.54, 1.807) is 10.9 Å². The van der Waals surface area contributed by atoms with Crippen LogP contribution in [-0.2, 0) is 10.0 Å². The Hall–Kier alpha value is -1.70. The Kier molecular flexibility index (Phi) is 4.28. The zero-order chi connectivity index (χ0) is 15.6. The zero-order valence-electron chi connectivity index (χ0n) is 12.4. The molecule has 0 bridgehead atoms. The molecule has 7 heteroatoms. The van der Waals surface area contributed by atoms with Gasteiger partial charge in [-0.25, -0.2) is 17.8 Å². The van der Waals surface area contributed by atoms with Crippen LogP contribution in [0.4, 0.5) is 0 Å². The van der Waals surface area contributed by atoms with Crippen molar-refractivity contribution < 1.29 is 8.42 Å². The maximum Gasteiger partial charge on any atom is 0.244 e. The molecule has 0 aliphatic carbocycles. The molecule has 118 valence electrons. The van der Waals surface area contributed by atoms with Gasteiger partial charge in [-0.1, -0.05) is 25.1 Å². The Balaban J connectivity index is 1.79. The first-order chi connectivity index (χ1) is 10.6. The van der Waals surface area contributed by atoms with Crippen LogP contribution in [0.2, 0.25) is 0 Å². The highest BCUT2D eigenvalue weighted by Crippen LogP contribution is 2.16. The molecule has 1 fully saturated rings. The number of nitrogens with one attached hydrogen (secondary N) is 2. The topological polar surface area (TPSA) is 76.0 Å². The van der Waals surface area contributed by atoms with Gasteiger partial charge in [0.1, 0.15) is 4.90 Å². The van der Waals surface area contributed by atoms with E-state index < -0.39 is 10.0 Å². The second-order valence-electron chi connectivity index (χ2n) is 5.65. The van der Waals surface area contributed by atoms with E-state index in [2.05, 4.69) is 22.1 Å². The van der Waals surface area contributed by atoms with Gasteiger partial charge in [-0.3, -0.25) is 0 Å². The summed E-state index contributed by atoms with van der Waals surface area (Å²) in [4.78, 5) is 0.189. The molecule has 6 nitrogen and oxygen atoms in total. The van der Waals surface area contributed by atoms with Gasteiger partial charge in [0.05, 0.1) is 18.1 Å². The van der Waals surface area contributed by atoms with Gasteiger partial charge in [-0.2, -0.15) is 5.10 Å². The molecule has 22 heavy (non-hydrogen) atoms. The van der Waals surface area contributed by atoms with Gasteiger partial charge in [0.15, 0.2) is 0 Å². The smallest absolute Gasteiger partial charge is 0.244 e. The van der Waals surface area contributed by atoms with Crippen LogP contribution in [0, 0.1) is 5.92 Å². The Morgan fingerprint density at radius 1 is 1.32 bits per heavy atom. The molecule has 2 unspecified atom stereocenters. The molecule has 2 atom stereocenters. The van der Waals surface area contributed by atoms with E-state index in [1.165, 1.54) is 6.20 Å². The van der Waals surface area contributed by atoms with Crippen LogP contribution in [0.3, 0.4) is 0 Å². The van der Waals surface area contributed by atoms with Crippen molar-refractivity contribution in [1.82, 2.24) is 19.8 Å². The third-order valence-corrected chi connectivity index (χ3v) is 5.47. The molecule has 0 saturated carbocycles. The van der Waals surface area contributed by atoms with Crippen molar-refractivity contribution in [2.45, 2.75) is 24.3 Å². The minimum Gasteiger partial charge on any atom is -0.315 e. The van der Waals surface area contributed by atoms with Crippen molar-refractivity contribution >= 4 is 10.0 Å². The highest BCUT2D eigenvalue weighted by atomic mass is 32.2. The molecule has 1 saturated heterocycles. The largest absolute Gasteiger partial charge is 0.315 e. The fourth-order valence-corrected chi connectivity index (χ4v) is 3.86. The Bertz CT molecular complexity index is 727. The Labute approximate surface area is 130 Å². The van der Waals surface area contributed by atoms with Crippen molar-refractivity contribution in [3.8, 4) is 5.69 Å². The van der Waals surface area contributed by atoms with Gasteiger partial charge in [-0.15, -0.1) is 0 Å². The Morgan fingerprint density at radius 2 is 2.09 bits per heavy atom. The standard InChI is InChI=1S/C15H20N4O2S/c1-12-7-8-16-10-15(12)18-22(20,21)14-9-17-19(11-14)13-5-3-2-4-6-13/h2-6,9,11-12,15-16,18H,7-8,10H2,1H3. The summed E-state index contributed by atoms with van der Waals surface area (Å²) >= 11 is 0. The molecular formula is C15H20N4O2S. The van der Waals surface area contributed by atoms with Crippen LogP contribution in [0.5, 0.6) is 0 Å². The number of piperidine rings is 1. The second kappa shape index (κ2) is 6.20. The monoisotopic (exact) mass is 320 g/mol. The number of rotatable bonds is 4. The van der Waals surface area contributed by atoms with E-state index in [9.17, 15) is 8.42 Å². The summed E-state index contributed by atoms with van der Waals surface area (Å²) in [6.45, 7) is 3.67. The average Bonchev–Trinajstić information content (AvgIpc) is 3.01. The first-order valence-electron chi connectivity index (χ1n) is 7.39. The predicted octanol–water partition coefficient (Wildman–Crippen LogP) is 1.15. The number of benzene rings is 1. The lowest BCUT2D eigenvalue weighted by Crippen LogP contribution is -2.50. The molecule has 1 aliphatic rings. The van der Waals surface area contributed by atoms with Gasteiger partial charge < -0.3 is 5.32 Å². The van der Waals surface area contributed by atoms with Crippen molar-refractivity contribution in [3.05, 3.63) is 42.7 Å². The number of sulfonamides is 1. The highest BCUT2D eigenvalue weighted by Gasteiger charge is 2.27. The maximum absolute atomic E-state index is 12.5. The van der Waals surface area contributed by atoms with Gasteiger partial charge in [-0.05, 0) is 31.0 Å². The molecule has 1 aromatic carbocycles.